The van der Waals surface area contributed by atoms with E-state index in [-0.39, 0.29) is 0 Å². The van der Waals surface area contributed by atoms with Crippen molar-refractivity contribution < 1.29 is 9.47 Å². The Morgan fingerprint density at radius 2 is 1.93 bits per heavy atom. The molecule has 0 fully saturated rings. The molecule has 0 aromatic heterocycles. The van der Waals surface area contributed by atoms with Crippen molar-refractivity contribution in [1.82, 2.24) is 0 Å². The van der Waals surface area contributed by atoms with Gasteiger partial charge in [0.15, 0.2) is 5.90 Å². The Morgan fingerprint density at radius 1 is 1.27 bits per heavy atom. The zero-order valence-corrected chi connectivity index (χ0v) is 9.25. The summed E-state index contributed by atoms with van der Waals surface area (Å²) in [5.74, 6) is 1.21. The van der Waals surface area contributed by atoms with Crippen LogP contribution in [0.3, 0.4) is 0 Å². The fourth-order valence-corrected chi connectivity index (χ4v) is 1.28. The van der Waals surface area contributed by atoms with E-state index in [1.165, 1.54) is 12.7 Å². The van der Waals surface area contributed by atoms with Crippen LogP contribution in [0.4, 0.5) is 0 Å². The first kappa shape index (κ1) is 11.6. The lowest BCUT2D eigenvalue weighted by Gasteiger charge is -2.05. The number of benzene rings is 1. The van der Waals surface area contributed by atoms with Crippen molar-refractivity contribution in [2.24, 2.45) is 0 Å². The highest BCUT2D eigenvalue weighted by molar-refractivity contribution is 5.72. The van der Waals surface area contributed by atoms with E-state index in [0.717, 1.165) is 12.2 Å². The summed E-state index contributed by atoms with van der Waals surface area (Å²) in [6.07, 6.45) is 1.48. The fourth-order valence-electron chi connectivity index (χ4n) is 1.28. The van der Waals surface area contributed by atoms with Crippen LogP contribution in [0, 0.1) is 5.41 Å². The van der Waals surface area contributed by atoms with E-state index in [1.54, 1.807) is 0 Å². The van der Waals surface area contributed by atoms with Crippen LogP contribution in [0.25, 0.3) is 0 Å². The minimum absolute atomic E-state index is 0.323. The highest BCUT2D eigenvalue weighted by Crippen LogP contribution is 2.13. The number of hydrogen-bond donors (Lipinski definition) is 1. The van der Waals surface area contributed by atoms with Gasteiger partial charge in [0.05, 0.1) is 13.7 Å². The second-order valence-electron chi connectivity index (χ2n) is 3.20. The molecule has 0 saturated carbocycles. The van der Waals surface area contributed by atoms with E-state index in [2.05, 4.69) is 0 Å². The standard InChI is InChI=1S/C12H17NO2/c1-3-15-11-7-4-10(5-8-11)6-9-12(13)14-2/h4-5,7-8,13H,3,6,9H2,1-2H3. The molecule has 3 nitrogen and oxygen atoms in total. The molecule has 0 aliphatic rings. The normalized spacial score (nSPS) is 9.73. The number of rotatable bonds is 5. The number of methoxy groups -OCH3 is 1. The summed E-state index contributed by atoms with van der Waals surface area (Å²) in [6.45, 7) is 2.65. The lowest BCUT2D eigenvalue weighted by Crippen LogP contribution is -2.00. The van der Waals surface area contributed by atoms with Gasteiger partial charge in [0.25, 0.3) is 0 Å². The fraction of sp³-hybridized carbons (Fsp3) is 0.417. The Hall–Kier alpha value is -1.51. The van der Waals surface area contributed by atoms with Gasteiger partial charge >= 0.3 is 0 Å². The molecule has 1 rings (SSSR count). The largest absolute Gasteiger partial charge is 0.494 e. The van der Waals surface area contributed by atoms with Crippen molar-refractivity contribution in [1.29, 1.82) is 5.41 Å². The highest BCUT2D eigenvalue weighted by Gasteiger charge is 1.98. The monoisotopic (exact) mass is 207 g/mol. The first-order valence-electron chi connectivity index (χ1n) is 5.09. The third kappa shape index (κ3) is 4.02. The predicted molar refractivity (Wildman–Crippen MR) is 60.7 cm³/mol. The molecule has 0 bridgehead atoms. The van der Waals surface area contributed by atoms with Gasteiger partial charge in [-0.1, -0.05) is 12.1 Å². The van der Waals surface area contributed by atoms with Crippen molar-refractivity contribution in [2.45, 2.75) is 19.8 Å². The molecule has 0 radical (unpaired) electrons. The molecule has 1 N–H and O–H groups in total. The van der Waals surface area contributed by atoms with Gasteiger partial charge in [-0.15, -0.1) is 0 Å². The molecule has 1 aromatic carbocycles. The van der Waals surface area contributed by atoms with Gasteiger partial charge in [-0.2, -0.15) is 0 Å². The van der Waals surface area contributed by atoms with E-state index >= 15 is 0 Å². The number of hydrogen-bond acceptors (Lipinski definition) is 3. The van der Waals surface area contributed by atoms with Crippen molar-refractivity contribution in [3.05, 3.63) is 29.8 Å². The minimum Gasteiger partial charge on any atom is -0.494 e. The van der Waals surface area contributed by atoms with Gasteiger partial charge < -0.3 is 9.47 Å². The number of nitrogens with one attached hydrogen (secondary N) is 1. The quantitative estimate of drug-likeness (QED) is 0.595. The first-order valence-corrected chi connectivity index (χ1v) is 5.09. The molecule has 0 unspecified atom stereocenters. The lowest BCUT2D eigenvalue weighted by molar-refractivity contribution is 0.340. The first-order chi connectivity index (χ1) is 7.26. The molecule has 15 heavy (non-hydrogen) atoms. The molecular formula is C12H17NO2. The van der Waals surface area contributed by atoms with E-state index in [1.807, 2.05) is 31.2 Å². The van der Waals surface area contributed by atoms with E-state index in [4.69, 9.17) is 14.9 Å². The lowest BCUT2D eigenvalue weighted by atomic mass is 10.1. The van der Waals surface area contributed by atoms with Crippen molar-refractivity contribution in [3.63, 3.8) is 0 Å². The molecular weight excluding hydrogens is 190 g/mol. The Labute approximate surface area is 90.5 Å². The molecule has 82 valence electrons. The van der Waals surface area contributed by atoms with Gasteiger partial charge in [-0.25, -0.2) is 0 Å². The second-order valence-corrected chi connectivity index (χ2v) is 3.20. The molecule has 3 heteroatoms. The summed E-state index contributed by atoms with van der Waals surface area (Å²) in [4.78, 5) is 0. The van der Waals surface area contributed by atoms with Gasteiger partial charge in [0.1, 0.15) is 5.75 Å². The third-order valence-electron chi connectivity index (χ3n) is 2.12. The van der Waals surface area contributed by atoms with Gasteiger partial charge in [0, 0.05) is 6.42 Å². The maximum absolute atomic E-state index is 7.35. The highest BCUT2D eigenvalue weighted by atomic mass is 16.5. The van der Waals surface area contributed by atoms with Crippen LogP contribution in [0.1, 0.15) is 18.9 Å². The molecule has 1 aromatic rings. The van der Waals surface area contributed by atoms with Crippen molar-refractivity contribution in [2.75, 3.05) is 13.7 Å². The predicted octanol–water partition coefficient (Wildman–Crippen LogP) is 2.64. The van der Waals surface area contributed by atoms with Crippen molar-refractivity contribution >= 4 is 5.90 Å². The number of ether oxygens (including phenoxy) is 2. The van der Waals surface area contributed by atoms with Crippen LogP contribution >= 0.6 is 0 Å². The van der Waals surface area contributed by atoms with Crippen LogP contribution in [0.2, 0.25) is 0 Å². The summed E-state index contributed by atoms with van der Waals surface area (Å²) in [6, 6.07) is 7.95. The molecule has 0 atom stereocenters. The van der Waals surface area contributed by atoms with Gasteiger partial charge in [-0.05, 0) is 31.0 Å². The van der Waals surface area contributed by atoms with Crippen LogP contribution in [-0.2, 0) is 11.2 Å². The molecule has 0 saturated heterocycles. The molecule has 0 heterocycles. The average Bonchev–Trinajstić information content (AvgIpc) is 2.28. The van der Waals surface area contributed by atoms with Gasteiger partial charge in [-0.3, -0.25) is 5.41 Å². The van der Waals surface area contributed by atoms with Crippen LogP contribution in [0.5, 0.6) is 5.75 Å². The van der Waals surface area contributed by atoms with Crippen LogP contribution in [-0.4, -0.2) is 19.6 Å². The molecule has 0 amide bonds. The summed E-state index contributed by atoms with van der Waals surface area (Å²) in [7, 11) is 1.53. The molecule has 0 spiro atoms. The smallest absolute Gasteiger partial charge is 0.180 e. The van der Waals surface area contributed by atoms with E-state index in [9.17, 15) is 0 Å². The Bertz CT molecular complexity index is 306. The SMILES string of the molecule is CCOc1ccc(CCC(=N)OC)cc1. The minimum atomic E-state index is 0.323. The van der Waals surface area contributed by atoms with E-state index in [0.29, 0.717) is 18.9 Å². The summed E-state index contributed by atoms with van der Waals surface area (Å²) in [5.41, 5.74) is 1.19. The number of aryl methyl sites for hydroxylation is 1. The average molecular weight is 207 g/mol. The van der Waals surface area contributed by atoms with Gasteiger partial charge in [0.2, 0.25) is 0 Å². The third-order valence-corrected chi connectivity index (χ3v) is 2.12. The zero-order valence-electron chi connectivity index (χ0n) is 9.25. The van der Waals surface area contributed by atoms with Crippen LogP contribution in [0.15, 0.2) is 24.3 Å². The maximum Gasteiger partial charge on any atom is 0.180 e. The topological polar surface area (TPSA) is 42.3 Å². The van der Waals surface area contributed by atoms with Crippen molar-refractivity contribution in [3.8, 4) is 5.75 Å². The Balaban J connectivity index is 2.45. The zero-order chi connectivity index (χ0) is 11.1. The Kier molecular flexibility index (Phi) is 4.68. The van der Waals surface area contributed by atoms with Crippen LogP contribution < -0.4 is 4.74 Å². The molecule has 0 aliphatic heterocycles. The summed E-state index contributed by atoms with van der Waals surface area (Å²) >= 11 is 0. The second kappa shape index (κ2) is 6.06. The maximum atomic E-state index is 7.35. The van der Waals surface area contributed by atoms with E-state index < -0.39 is 0 Å². The summed E-state index contributed by atoms with van der Waals surface area (Å²) in [5, 5.41) is 7.35. The summed E-state index contributed by atoms with van der Waals surface area (Å²) < 4.78 is 10.1. The Morgan fingerprint density at radius 3 is 2.47 bits per heavy atom. The molecule has 0 aliphatic carbocycles.